The summed E-state index contributed by atoms with van der Waals surface area (Å²) in [6.45, 7) is 3.40. The zero-order chi connectivity index (χ0) is 22.1. The SMILES string of the molecule is CCOC(=O)Cc1ccc(-c2cc(OS(=O)(=O)C(F)(F)F)c3c(C)noc3c2)cc1. The highest BCUT2D eigenvalue weighted by Crippen LogP contribution is 2.37. The number of esters is 1. The van der Waals surface area contributed by atoms with Crippen LogP contribution in [0.3, 0.4) is 0 Å². The van der Waals surface area contributed by atoms with Crippen molar-refractivity contribution < 1.29 is 39.8 Å². The molecule has 30 heavy (non-hydrogen) atoms. The second-order valence-corrected chi connectivity index (χ2v) is 7.82. The molecule has 0 fully saturated rings. The summed E-state index contributed by atoms with van der Waals surface area (Å²) in [7, 11) is -5.88. The van der Waals surface area contributed by atoms with Gasteiger partial charge in [-0.25, -0.2) is 0 Å². The number of benzene rings is 2. The predicted molar refractivity (Wildman–Crippen MR) is 100 cm³/mol. The Morgan fingerprint density at radius 1 is 1.13 bits per heavy atom. The summed E-state index contributed by atoms with van der Waals surface area (Å²) in [6.07, 6.45) is 0.0621. The zero-order valence-corrected chi connectivity index (χ0v) is 16.6. The number of nitrogens with zero attached hydrogens (tertiary/aromatic N) is 1. The van der Waals surface area contributed by atoms with Gasteiger partial charge in [-0.05, 0) is 42.7 Å². The smallest absolute Gasteiger partial charge is 0.466 e. The van der Waals surface area contributed by atoms with Gasteiger partial charge in [-0.3, -0.25) is 4.79 Å². The molecule has 0 unspecified atom stereocenters. The third kappa shape index (κ3) is 4.40. The average molecular weight is 443 g/mol. The molecule has 0 saturated heterocycles. The topological polar surface area (TPSA) is 95.7 Å². The monoisotopic (exact) mass is 443 g/mol. The van der Waals surface area contributed by atoms with Crippen LogP contribution >= 0.6 is 0 Å². The van der Waals surface area contributed by atoms with Gasteiger partial charge < -0.3 is 13.4 Å². The number of rotatable bonds is 6. The van der Waals surface area contributed by atoms with E-state index in [0.29, 0.717) is 16.7 Å². The molecular weight excluding hydrogens is 427 g/mol. The lowest BCUT2D eigenvalue weighted by Crippen LogP contribution is -2.28. The fourth-order valence-electron chi connectivity index (χ4n) is 2.77. The summed E-state index contributed by atoms with van der Waals surface area (Å²) in [5.74, 6) is -0.939. The van der Waals surface area contributed by atoms with Gasteiger partial charge in [0, 0.05) is 0 Å². The number of ether oxygens (including phenoxy) is 1. The lowest BCUT2D eigenvalue weighted by atomic mass is 10.0. The van der Waals surface area contributed by atoms with Crippen molar-refractivity contribution in [2.75, 3.05) is 6.61 Å². The summed E-state index contributed by atoms with van der Waals surface area (Å²) in [4.78, 5) is 11.6. The van der Waals surface area contributed by atoms with E-state index in [4.69, 9.17) is 9.26 Å². The van der Waals surface area contributed by atoms with Crippen LogP contribution in [0.2, 0.25) is 0 Å². The summed E-state index contributed by atoms with van der Waals surface area (Å²) < 4.78 is 75.7. The molecule has 0 radical (unpaired) electrons. The Labute approximate surface area is 169 Å². The van der Waals surface area contributed by atoms with Crippen LogP contribution in [0.15, 0.2) is 40.9 Å². The highest BCUT2D eigenvalue weighted by Gasteiger charge is 2.49. The summed E-state index contributed by atoms with van der Waals surface area (Å²) >= 11 is 0. The number of halogens is 3. The van der Waals surface area contributed by atoms with Crippen LogP contribution < -0.4 is 4.18 Å². The van der Waals surface area contributed by atoms with Crippen LogP contribution in [0.4, 0.5) is 13.2 Å². The molecule has 0 aliphatic heterocycles. The van der Waals surface area contributed by atoms with Gasteiger partial charge in [0.25, 0.3) is 0 Å². The van der Waals surface area contributed by atoms with E-state index in [1.807, 2.05) is 0 Å². The summed E-state index contributed by atoms with van der Waals surface area (Å²) in [6, 6.07) is 9.21. The molecule has 0 bridgehead atoms. The van der Waals surface area contributed by atoms with E-state index >= 15 is 0 Å². The van der Waals surface area contributed by atoms with Crippen molar-refractivity contribution >= 4 is 27.1 Å². The molecule has 3 aromatic rings. The van der Waals surface area contributed by atoms with Crippen LogP contribution in [-0.4, -0.2) is 31.7 Å². The Kier molecular flexibility index (Phi) is 5.75. The van der Waals surface area contributed by atoms with Gasteiger partial charge in [0.15, 0.2) is 11.3 Å². The van der Waals surface area contributed by atoms with E-state index in [0.717, 1.165) is 6.07 Å². The number of alkyl halides is 3. The molecule has 3 rings (SSSR count). The molecule has 0 saturated carbocycles. The minimum absolute atomic E-state index is 0.0190. The molecular formula is C19H16F3NO6S. The number of aryl methyl sites for hydroxylation is 1. The van der Waals surface area contributed by atoms with Crippen molar-refractivity contribution in [1.82, 2.24) is 5.16 Å². The molecule has 7 nitrogen and oxygen atoms in total. The van der Waals surface area contributed by atoms with Gasteiger partial charge in [-0.15, -0.1) is 0 Å². The number of hydrogen-bond donors (Lipinski definition) is 0. The Morgan fingerprint density at radius 2 is 1.80 bits per heavy atom. The van der Waals surface area contributed by atoms with E-state index in [-0.39, 0.29) is 29.7 Å². The summed E-state index contributed by atoms with van der Waals surface area (Å²) in [5, 5.41) is 3.68. The normalized spacial score (nSPS) is 12.2. The highest BCUT2D eigenvalue weighted by molar-refractivity contribution is 7.88. The molecule has 0 aliphatic carbocycles. The van der Waals surface area contributed by atoms with Gasteiger partial charge in [0.05, 0.1) is 24.1 Å². The van der Waals surface area contributed by atoms with Crippen LogP contribution in [0.5, 0.6) is 5.75 Å². The maximum Gasteiger partial charge on any atom is 0.534 e. The van der Waals surface area contributed by atoms with Crippen molar-refractivity contribution in [2.45, 2.75) is 25.8 Å². The van der Waals surface area contributed by atoms with Crippen molar-refractivity contribution in [3.05, 3.63) is 47.7 Å². The number of carbonyl (C=O) groups excluding carboxylic acids is 1. The number of aromatic nitrogens is 1. The van der Waals surface area contributed by atoms with Gasteiger partial charge in [-0.1, -0.05) is 29.4 Å². The maximum atomic E-state index is 12.8. The zero-order valence-electron chi connectivity index (χ0n) is 15.8. The maximum absolute atomic E-state index is 12.8. The molecule has 11 heteroatoms. The first-order chi connectivity index (χ1) is 14.0. The first-order valence-corrected chi connectivity index (χ1v) is 10.1. The van der Waals surface area contributed by atoms with Crippen molar-refractivity contribution in [1.29, 1.82) is 0 Å². The van der Waals surface area contributed by atoms with Gasteiger partial charge >= 0.3 is 21.6 Å². The molecule has 0 spiro atoms. The van der Waals surface area contributed by atoms with E-state index in [2.05, 4.69) is 9.34 Å². The van der Waals surface area contributed by atoms with Gasteiger partial charge in [0.2, 0.25) is 0 Å². The Bertz CT molecular complexity index is 1180. The molecule has 0 aliphatic rings. The number of carbonyl (C=O) groups is 1. The van der Waals surface area contributed by atoms with E-state index < -0.39 is 27.3 Å². The fraction of sp³-hybridized carbons (Fsp3) is 0.263. The minimum Gasteiger partial charge on any atom is -0.466 e. The Morgan fingerprint density at radius 3 is 2.40 bits per heavy atom. The van der Waals surface area contributed by atoms with Gasteiger partial charge in [-0.2, -0.15) is 21.6 Å². The first-order valence-electron chi connectivity index (χ1n) is 8.67. The van der Waals surface area contributed by atoms with E-state index in [1.165, 1.54) is 13.0 Å². The molecule has 1 heterocycles. The first kappa shape index (κ1) is 21.6. The molecule has 0 atom stereocenters. The molecule has 2 aromatic carbocycles. The van der Waals surface area contributed by atoms with Crippen LogP contribution in [0.25, 0.3) is 22.1 Å². The van der Waals surface area contributed by atoms with Gasteiger partial charge in [0.1, 0.15) is 0 Å². The van der Waals surface area contributed by atoms with Crippen LogP contribution in [0, 0.1) is 6.92 Å². The number of fused-ring (bicyclic) bond motifs is 1. The third-order valence-electron chi connectivity index (χ3n) is 4.13. The van der Waals surface area contributed by atoms with Crippen molar-refractivity contribution in [3.63, 3.8) is 0 Å². The lowest BCUT2D eigenvalue weighted by molar-refractivity contribution is -0.142. The van der Waals surface area contributed by atoms with E-state index in [1.54, 1.807) is 31.2 Å². The Balaban J connectivity index is 2.01. The fourth-order valence-corrected chi connectivity index (χ4v) is 3.24. The average Bonchev–Trinajstić information content (AvgIpc) is 3.02. The lowest BCUT2D eigenvalue weighted by Gasteiger charge is -2.12. The minimum atomic E-state index is -5.88. The molecule has 1 aromatic heterocycles. The second kappa shape index (κ2) is 7.98. The second-order valence-electron chi connectivity index (χ2n) is 6.28. The predicted octanol–water partition coefficient (Wildman–Crippen LogP) is 4.14. The molecule has 160 valence electrons. The standard InChI is InChI=1S/C19H16F3NO6S/c1-3-27-17(24)8-12-4-6-13(7-5-12)14-9-15-18(11(2)23-28-15)16(10-14)29-30(25,26)19(20,21)22/h4-7,9-10H,3,8H2,1-2H3. The summed E-state index contributed by atoms with van der Waals surface area (Å²) in [5.41, 5.74) is -3.80. The quantitative estimate of drug-likeness (QED) is 0.321. The highest BCUT2D eigenvalue weighted by atomic mass is 32.2. The molecule has 0 amide bonds. The number of hydrogen-bond acceptors (Lipinski definition) is 7. The third-order valence-corrected chi connectivity index (χ3v) is 5.10. The van der Waals surface area contributed by atoms with Crippen LogP contribution in [0.1, 0.15) is 18.2 Å². The largest absolute Gasteiger partial charge is 0.534 e. The van der Waals surface area contributed by atoms with Crippen molar-refractivity contribution in [2.24, 2.45) is 0 Å². The Hall–Kier alpha value is -3.08. The van der Waals surface area contributed by atoms with Crippen molar-refractivity contribution in [3.8, 4) is 16.9 Å². The molecule has 0 N–H and O–H groups in total. The van der Waals surface area contributed by atoms with E-state index in [9.17, 15) is 26.4 Å². The van der Waals surface area contributed by atoms with Crippen LogP contribution in [-0.2, 0) is 26.1 Å².